The number of carbonyl (C=O) groups is 2. The Morgan fingerprint density at radius 2 is 1.76 bits per heavy atom. The molecule has 0 radical (unpaired) electrons. The number of amides is 2. The van der Waals surface area contributed by atoms with E-state index in [1.54, 1.807) is 42.5 Å². The lowest BCUT2D eigenvalue weighted by molar-refractivity contribution is -0.115. The van der Waals surface area contributed by atoms with Crippen LogP contribution in [0.15, 0.2) is 76.3 Å². The summed E-state index contributed by atoms with van der Waals surface area (Å²) < 4.78 is 6.27. The molecule has 0 saturated carbocycles. The van der Waals surface area contributed by atoms with Crippen LogP contribution in [0, 0.1) is 6.92 Å². The minimum atomic E-state index is -0.618. The Labute approximate surface area is 194 Å². The average Bonchev–Trinajstić information content (AvgIpc) is 2.83. The molecule has 0 saturated heterocycles. The van der Waals surface area contributed by atoms with Crippen LogP contribution in [0.3, 0.4) is 0 Å². The summed E-state index contributed by atoms with van der Waals surface area (Å²) in [6, 6.07) is 18.3. The van der Waals surface area contributed by atoms with E-state index in [0.717, 1.165) is 10.1 Å². The summed E-state index contributed by atoms with van der Waals surface area (Å²) in [7, 11) is 1.50. The Bertz CT molecular complexity index is 1510. The van der Waals surface area contributed by atoms with Crippen LogP contribution in [0.2, 0.25) is 0 Å². The second-order valence-corrected chi connectivity index (χ2v) is 7.60. The number of aromatic nitrogens is 2. The van der Waals surface area contributed by atoms with Crippen LogP contribution < -0.4 is 26.6 Å². The monoisotopic (exact) mass is 458 g/mol. The molecule has 9 heteroatoms. The van der Waals surface area contributed by atoms with Crippen LogP contribution in [0.1, 0.15) is 15.9 Å². The maximum absolute atomic E-state index is 12.9. The summed E-state index contributed by atoms with van der Waals surface area (Å²) in [6.07, 6.45) is 0. The van der Waals surface area contributed by atoms with Gasteiger partial charge in [-0.05, 0) is 55.0 Å². The first kappa shape index (κ1) is 22.5. The molecule has 3 aromatic carbocycles. The number of methoxy groups -OCH3 is 1. The highest BCUT2D eigenvalue weighted by Crippen LogP contribution is 2.25. The van der Waals surface area contributed by atoms with Crippen LogP contribution in [0.25, 0.3) is 16.6 Å². The number of hydrogen-bond acceptors (Lipinski definition) is 5. The smallest absolute Gasteiger partial charge is 0.333 e. The number of hydrogen-bond donors (Lipinski definition) is 3. The van der Waals surface area contributed by atoms with Gasteiger partial charge in [0.1, 0.15) is 5.75 Å². The average molecular weight is 458 g/mol. The summed E-state index contributed by atoms with van der Waals surface area (Å²) in [6.45, 7) is 1.61. The molecule has 9 nitrogen and oxygen atoms in total. The molecular weight excluding hydrogens is 436 g/mol. The van der Waals surface area contributed by atoms with Crippen LogP contribution in [-0.2, 0) is 4.79 Å². The summed E-state index contributed by atoms with van der Waals surface area (Å²) in [5, 5.41) is 5.49. The van der Waals surface area contributed by atoms with Gasteiger partial charge >= 0.3 is 5.69 Å². The number of rotatable bonds is 6. The van der Waals surface area contributed by atoms with Gasteiger partial charge in [-0.1, -0.05) is 24.3 Å². The van der Waals surface area contributed by atoms with Gasteiger partial charge in [-0.15, -0.1) is 0 Å². The number of nitrogens with zero attached hydrogens (tertiary/aromatic N) is 1. The Kier molecular flexibility index (Phi) is 6.26. The highest BCUT2D eigenvalue weighted by molar-refractivity contribution is 6.01. The third-order valence-corrected chi connectivity index (χ3v) is 5.21. The normalized spacial score (nSPS) is 10.6. The van der Waals surface area contributed by atoms with E-state index in [0.29, 0.717) is 17.1 Å². The Morgan fingerprint density at radius 1 is 1.00 bits per heavy atom. The van der Waals surface area contributed by atoms with Crippen molar-refractivity contribution in [2.75, 3.05) is 19.0 Å². The lowest BCUT2D eigenvalue weighted by Crippen LogP contribution is -2.34. The summed E-state index contributed by atoms with van der Waals surface area (Å²) >= 11 is 0. The number of para-hydroxylation sites is 1. The predicted octanol–water partition coefficient (Wildman–Crippen LogP) is 2.36. The number of anilines is 1. The molecule has 4 rings (SSSR count). The topological polar surface area (TPSA) is 122 Å². The molecule has 0 spiro atoms. The van der Waals surface area contributed by atoms with Crippen molar-refractivity contribution in [1.29, 1.82) is 0 Å². The minimum Gasteiger partial charge on any atom is -0.495 e. The SMILES string of the molecule is COc1ccc(C)cc1NC(=O)CNC(=O)c1ccc2c(=O)n(-c3ccccc3)c(=O)[nH]c2c1. The Hall–Kier alpha value is -4.66. The predicted molar refractivity (Wildman–Crippen MR) is 129 cm³/mol. The second-order valence-electron chi connectivity index (χ2n) is 7.60. The molecule has 0 aliphatic carbocycles. The van der Waals surface area contributed by atoms with Crippen LogP contribution in [0.4, 0.5) is 5.69 Å². The lowest BCUT2D eigenvalue weighted by Gasteiger charge is -2.12. The van der Waals surface area contributed by atoms with Gasteiger partial charge in [0.25, 0.3) is 11.5 Å². The number of ether oxygens (including phenoxy) is 1. The molecule has 0 atom stereocenters. The molecule has 172 valence electrons. The van der Waals surface area contributed by atoms with E-state index < -0.39 is 23.1 Å². The number of nitrogens with one attached hydrogen (secondary N) is 3. The van der Waals surface area contributed by atoms with Crippen molar-refractivity contribution in [1.82, 2.24) is 14.9 Å². The lowest BCUT2D eigenvalue weighted by atomic mass is 10.1. The molecule has 0 aliphatic rings. The van der Waals surface area contributed by atoms with Crippen LogP contribution in [0.5, 0.6) is 5.75 Å². The summed E-state index contributed by atoms with van der Waals surface area (Å²) in [4.78, 5) is 53.0. The zero-order chi connectivity index (χ0) is 24.2. The van der Waals surface area contributed by atoms with E-state index in [2.05, 4.69) is 15.6 Å². The van der Waals surface area contributed by atoms with E-state index in [-0.39, 0.29) is 23.0 Å². The second kappa shape index (κ2) is 9.45. The summed E-state index contributed by atoms with van der Waals surface area (Å²) in [5.41, 5.74) is 1.19. The number of carbonyl (C=O) groups excluding carboxylic acids is 2. The molecule has 3 N–H and O–H groups in total. The third kappa shape index (κ3) is 4.58. The van der Waals surface area contributed by atoms with Crippen molar-refractivity contribution in [3.8, 4) is 11.4 Å². The Balaban J connectivity index is 1.51. The van der Waals surface area contributed by atoms with Gasteiger partial charge in [-0.3, -0.25) is 14.4 Å². The van der Waals surface area contributed by atoms with E-state index in [9.17, 15) is 19.2 Å². The minimum absolute atomic E-state index is 0.195. The highest BCUT2D eigenvalue weighted by Gasteiger charge is 2.14. The van der Waals surface area contributed by atoms with E-state index in [1.807, 2.05) is 13.0 Å². The van der Waals surface area contributed by atoms with E-state index in [1.165, 1.54) is 25.3 Å². The first-order chi connectivity index (χ1) is 16.4. The zero-order valence-corrected chi connectivity index (χ0v) is 18.5. The molecule has 0 unspecified atom stereocenters. The molecule has 0 fully saturated rings. The fourth-order valence-electron chi connectivity index (χ4n) is 3.55. The van der Waals surface area contributed by atoms with Crippen molar-refractivity contribution in [3.63, 3.8) is 0 Å². The van der Waals surface area contributed by atoms with Crippen molar-refractivity contribution in [2.45, 2.75) is 6.92 Å². The van der Waals surface area contributed by atoms with Gasteiger partial charge in [0.15, 0.2) is 0 Å². The van der Waals surface area contributed by atoms with Gasteiger partial charge in [0.05, 0.1) is 35.9 Å². The number of aromatic amines is 1. The van der Waals surface area contributed by atoms with Crippen molar-refractivity contribution < 1.29 is 14.3 Å². The van der Waals surface area contributed by atoms with Crippen molar-refractivity contribution >= 4 is 28.4 Å². The molecule has 1 aromatic heterocycles. The maximum atomic E-state index is 12.9. The maximum Gasteiger partial charge on any atom is 0.333 e. The number of benzene rings is 3. The fraction of sp³-hybridized carbons (Fsp3) is 0.120. The molecule has 34 heavy (non-hydrogen) atoms. The van der Waals surface area contributed by atoms with Gasteiger partial charge in [-0.25, -0.2) is 9.36 Å². The highest BCUT2D eigenvalue weighted by atomic mass is 16.5. The number of fused-ring (bicyclic) bond motifs is 1. The first-order valence-electron chi connectivity index (χ1n) is 10.4. The molecular formula is C25H22N4O5. The van der Waals surface area contributed by atoms with Gasteiger partial charge in [-0.2, -0.15) is 0 Å². The zero-order valence-electron chi connectivity index (χ0n) is 18.5. The molecule has 0 bridgehead atoms. The number of H-pyrrole nitrogens is 1. The van der Waals surface area contributed by atoms with E-state index >= 15 is 0 Å². The third-order valence-electron chi connectivity index (χ3n) is 5.21. The standard InChI is InChI=1S/C25H22N4O5/c1-15-8-11-21(34-2)20(12-15)27-22(30)14-26-23(31)16-9-10-18-19(13-16)28-25(33)29(24(18)32)17-6-4-3-5-7-17/h3-13H,14H2,1-2H3,(H,26,31)(H,27,30)(H,28,33). The molecule has 1 heterocycles. The largest absolute Gasteiger partial charge is 0.495 e. The van der Waals surface area contributed by atoms with Crippen LogP contribution in [-0.4, -0.2) is 35.0 Å². The first-order valence-corrected chi connectivity index (χ1v) is 10.4. The van der Waals surface area contributed by atoms with Crippen molar-refractivity contribution in [3.05, 3.63) is 98.7 Å². The van der Waals surface area contributed by atoms with Crippen molar-refractivity contribution in [2.24, 2.45) is 0 Å². The molecule has 4 aromatic rings. The van der Waals surface area contributed by atoms with Gasteiger partial charge in [0.2, 0.25) is 5.91 Å². The van der Waals surface area contributed by atoms with Gasteiger partial charge in [0, 0.05) is 5.56 Å². The number of aryl methyl sites for hydroxylation is 1. The quantitative estimate of drug-likeness (QED) is 0.409. The van der Waals surface area contributed by atoms with E-state index in [4.69, 9.17) is 4.74 Å². The molecule has 0 aliphatic heterocycles. The van der Waals surface area contributed by atoms with Crippen LogP contribution >= 0.6 is 0 Å². The summed E-state index contributed by atoms with van der Waals surface area (Å²) in [5.74, 6) is -0.455. The Morgan fingerprint density at radius 3 is 2.50 bits per heavy atom. The van der Waals surface area contributed by atoms with Gasteiger partial charge < -0.3 is 20.4 Å². The molecule has 2 amide bonds. The fourth-order valence-corrected chi connectivity index (χ4v) is 3.55.